The largest absolute Gasteiger partial charge is 0.380 e. The van der Waals surface area contributed by atoms with Gasteiger partial charge >= 0.3 is 0 Å². The number of rotatable bonds is 2. The molecule has 0 saturated carbocycles. The summed E-state index contributed by atoms with van der Waals surface area (Å²) in [5, 5.41) is 7.74. The minimum Gasteiger partial charge on any atom is -0.380 e. The van der Waals surface area contributed by atoms with Crippen LogP contribution in [0.3, 0.4) is 0 Å². The van der Waals surface area contributed by atoms with E-state index in [4.69, 9.17) is 5.11 Å². The van der Waals surface area contributed by atoms with Crippen molar-refractivity contribution in [3.8, 4) is 0 Å². The zero-order chi connectivity index (χ0) is 4.99. The molecule has 0 aromatic heterocycles. The fourth-order valence-corrected chi connectivity index (χ4v) is 0.173. The van der Waals surface area contributed by atoms with Gasteiger partial charge in [0.25, 0.3) is 0 Å². The Kier molecular flexibility index (Phi) is 3.01. The molecule has 38 valence electrons. The summed E-state index contributed by atoms with van der Waals surface area (Å²) in [6.45, 7) is -0.515. The van der Waals surface area contributed by atoms with Crippen molar-refractivity contribution in [2.24, 2.45) is 0 Å². The van der Waals surface area contributed by atoms with E-state index in [1.54, 1.807) is 4.72 Å². The summed E-state index contributed by atoms with van der Waals surface area (Å²) < 4.78 is 20.4. The number of hydrogen-bond acceptors (Lipinski definition) is 3. The van der Waals surface area contributed by atoms with Crippen molar-refractivity contribution in [1.29, 1.82) is 0 Å². The Hall–Kier alpha value is -0.130. The number of nitrogens with one attached hydrogen (secondary N) is 1. The van der Waals surface area contributed by atoms with Crippen LogP contribution in [-0.2, 0) is 10.9 Å². The molecular weight excluding hydrogens is 106 g/mol. The predicted molar refractivity (Wildman–Crippen MR) is 20.5 cm³/mol. The molecule has 0 unspecified atom stereocenters. The van der Waals surface area contributed by atoms with Crippen molar-refractivity contribution >= 4 is 10.9 Å². The topological polar surface area (TPSA) is 66.4 Å². The lowest BCUT2D eigenvalue weighted by molar-refractivity contribution is 0.290. The Balaban J connectivity index is 3.07. The fourth-order valence-electron chi connectivity index (χ4n) is 0.0577. The minimum atomic E-state index is -2.60. The van der Waals surface area contributed by atoms with Gasteiger partial charge < -0.3 is 5.11 Å². The molecule has 0 spiro atoms. The van der Waals surface area contributed by atoms with E-state index in [9.17, 15) is 8.42 Å². The summed E-state index contributed by atoms with van der Waals surface area (Å²) in [6, 6.07) is 0. The van der Waals surface area contributed by atoms with E-state index >= 15 is 0 Å². The molecule has 0 atom stereocenters. The molecule has 0 aliphatic carbocycles. The van der Waals surface area contributed by atoms with Crippen molar-refractivity contribution in [2.45, 2.75) is 0 Å². The average Bonchev–Trinajstić information content (AvgIpc) is 1.35. The lowest BCUT2D eigenvalue weighted by Gasteiger charge is -1.78. The molecule has 0 radical (unpaired) electrons. The minimum absolute atomic E-state index is 0.515. The SMILES string of the molecule is O=[SH](=O)NCO. The summed E-state index contributed by atoms with van der Waals surface area (Å²) >= 11 is 0. The van der Waals surface area contributed by atoms with Crippen molar-refractivity contribution < 1.29 is 13.5 Å². The van der Waals surface area contributed by atoms with Crippen LogP contribution in [0.2, 0.25) is 0 Å². The van der Waals surface area contributed by atoms with Gasteiger partial charge in [0, 0.05) is 0 Å². The molecule has 0 fully saturated rings. The van der Waals surface area contributed by atoms with Crippen LogP contribution < -0.4 is 4.72 Å². The van der Waals surface area contributed by atoms with Gasteiger partial charge in [-0.3, -0.25) is 0 Å². The first-order valence-corrected chi connectivity index (χ1v) is 2.44. The summed E-state index contributed by atoms with van der Waals surface area (Å²) in [7, 11) is -2.60. The Bertz CT molecular complexity index is 78.8. The van der Waals surface area contributed by atoms with E-state index in [0.717, 1.165) is 0 Å². The smallest absolute Gasteiger partial charge is 0.203 e. The third-order valence-electron chi connectivity index (χ3n) is 0.200. The zero-order valence-electron chi connectivity index (χ0n) is 2.92. The van der Waals surface area contributed by atoms with E-state index < -0.39 is 17.6 Å². The molecule has 4 nitrogen and oxygen atoms in total. The van der Waals surface area contributed by atoms with Crippen molar-refractivity contribution in [1.82, 2.24) is 4.72 Å². The van der Waals surface area contributed by atoms with Gasteiger partial charge in [-0.1, -0.05) is 0 Å². The van der Waals surface area contributed by atoms with Crippen LogP contribution in [0.4, 0.5) is 0 Å². The van der Waals surface area contributed by atoms with Gasteiger partial charge in [0.15, 0.2) is 0 Å². The summed E-state index contributed by atoms with van der Waals surface area (Å²) in [6.07, 6.45) is 0. The van der Waals surface area contributed by atoms with Gasteiger partial charge in [-0.05, 0) is 0 Å². The van der Waals surface area contributed by atoms with Crippen LogP contribution in [-0.4, -0.2) is 20.3 Å². The van der Waals surface area contributed by atoms with Crippen LogP contribution in [0.1, 0.15) is 0 Å². The van der Waals surface area contributed by atoms with Gasteiger partial charge in [0.1, 0.15) is 6.73 Å². The van der Waals surface area contributed by atoms with E-state index in [1.165, 1.54) is 0 Å². The highest BCUT2D eigenvalue weighted by Crippen LogP contribution is 1.42. The highest BCUT2D eigenvalue weighted by Gasteiger charge is 1.71. The van der Waals surface area contributed by atoms with Crippen molar-refractivity contribution in [2.75, 3.05) is 6.73 Å². The lowest BCUT2D eigenvalue weighted by Crippen LogP contribution is -2.10. The molecule has 0 rings (SSSR count). The second kappa shape index (κ2) is 3.08. The van der Waals surface area contributed by atoms with Gasteiger partial charge in [-0.15, -0.1) is 0 Å². The highest BCUT2D eigenvalue weighted by molar-refractivity contribution is 7.70. The van der Waals surface area contributed by atoms with Crippen LogP contribution in [0.15, 0.2) is 0 Å². The van der Waals surface area contributed by atoms with Crippen LogP contribution in [0.5, 0.6) is 0 Å². The average molecular weight is 111 g/mol. The normalized spacial score (nSPS) is 9.67. The Morgan fingerprint density at radius 3 is 2.17 bits per heavy atom. The van der Waals surface area contributed by atoms with Crippen LogP contribution in [0, 0.1) is 0 Å². The summed E-state index contributed by atoms with van der Waals surface area (Å²) in [5.74, 6) is 0. The van der Waals surface area contributed by atoms with Gasteiger partial charge in [0.05, 0.1) is 0 Å². The Labute approximate surface area is 36.9 Å². The number of hydrogen-bond donors (Lipinski definition) is 3. The number of thiol groups is 1. The predicted octanol–water partition coefficient (Wildman–Crippen LogP) is -1.95. The Morgan fingerprint density at radius 1 is 1.67 bits per heavy atom. The second-order valence-electron chi connectivity index (χ2n) is 0.573. The first-order valence-electron chi connectivity index (χ1n) is 1.26. The van der Waals surface area contributed by atoms with Crippen LogP contribution >= 0.6 is 0 Å². The molecule has 0 aromatic rings. The fraction of sp³-hybridized carbons (Fsp3) is 1.00. The molecule has 5 heteroatoms. The van der Waals surface area contributed by atoms with Gasteiger partial charge in [-0.2, -0.15) is 4.72 Å². The molecule has 0 aliphatic rings. The monoisotopic (exact) mass is 111 g/mol. The molecule has 2 N–H and O–H groups in total. The van der Waals surface area contributed by atoms with Crippen molar-refractivity contribution in [3.63, 3.8) is 0 Å². The molecule has 0 saturated heterocycles. The summed E-state index contributed by atoms with van der Waals surface area (Å²) in [5.41, 5.74) is 0. The van der Waals surface area contributed by atoms with E-state index in [0.29, 0.717) is 0 Å². The second-order valence-corrected chi connectivity index (χ2v) is 1.40. The Morgan fingerprint density at radius 2 is 2.17 bits per heavy atom. The van der Waals surface area contributed by atoms with Gasteiger partial charge in [-0.25, -0.2) is 8.42 Å². The maximum absolute atomic E-state index is 9.37. The van der Waals surface area contributed by atoms with Crippen molar-refractivity contribution in [3.05, 3.63) is 0 Å². The molecule has 0 aromatic carbocycles. The molecule has 0 aliphatic heterocycles. The van der Waals surface area contributed by atoms with Crippen LogP contribution in [0.25, 0.3) is 0 Å². The lowest BCUT2D eigenvalue weighted by atomic mass is 11.4. The highest BCUT2D eigenvalue weighted by atomic mass is 32.2. The quantitative estimate of drug-likeness (QED) is 0.286. The molecule has 6 heavy (non-hydrogen) atoms. The third-order valence-corrected chi connectivity index (χ3v) is 0.599. The number of aliphatic hydroxyl groups excluding tert-OH is 1. The third kappa shape index (κ3) is 3.87. The standard InChI is InChI=1S/CH5NO3S/c3-1-2-6(4)5/h3,6H,1H2,(H,2,4,5). The first kappa shape index (κ1) is 5.87. The molecule has 0 amide bonds. The molecule has 0 bridgehead atoms. The van der Waals surface area contributed by atoms with E-state index in [1.807, 2.05) is 0 Å². The van der Waals surface area contributed by atoms with E-state index in [2.05, 4.69) is 0 Å². The number of aliphatic hydroxyl groups is 1. The maximum Gasteiger partial charge on any atom is 0.203 e. The van der Waals surface area contributed by atoms with Gasteiger partial charge in [0.2, 0.25) is 10.9 Å². The molecule has 0 heterocycles. The van der Waals surface area contributed by atoms with E-state index in [-0.39, 0.29) is 0 Å². The zero-order valence-corrected chi connectivity index (χ0v) is 3.81. The summed E-state index contributed by atoms with van der Waals surface area (Å²) in [4.78, 5) is 0. The first-order chi connectivity index (χ1) is 2.77. The molecular formula is CH5NO3S. The maximum atomic E-state index is 9.37.